The standard InChI is InChI=1S/C58H86O35S16/c1-34(47(64)65)39(43(60)10-5-6-18-106-92-90-75)27-102-54(94)98-20-11-38(59)26-89-58(31-86-44(61)12-21-99-55(95)103-28-40(35(2)48(66)67)51(72)83-15-7-19-107-93-91-76,32-87-45(62)13-22-100-56(96)104-29-41(36(3)49(68)69)52(73)84-16-8-24-108(77,78)79)33-88-46(63)14-23-101-57(97)105-30-42(37(4)50(70)71)53(74)85-17-9-25-109(80,81)82/h34-37,39-42,75-76H,5-33H2,1-4H3,(H,64,65)(H,66,67)(H,68,69)(H,70,71)(H,77,78,79)(H,80,81,82). The van der Waals surface area contributed by atoms with Gasteiger partial charge < -0.3 is 53.6 Å². The Labute approximate surface area is 693 Å². The van der Waals surface area contributed by atoms with Gasteiger partial charge in [0.25, 0.3) is 20.2 Å². The molecule has 0 saturated carbocycles. The number of hydrogen-bond acceptors (Lipinski definition) is 43. The number of hydrogen-bond donors (Lipinski definition) is 8. The van der Waals surface area contributed by atoms with Gasteiger partial charge in [0.15, 0.2) is 11.4 Å². The van der Waals surface area contributed by atoms with Gasteiger partial charge >= 0.3 is 59.7 Å². The molecule has 0 aromatic heterocycles. The van der Waals surface area contributed by atoms with E-state index < -0.39 is 209 Å². The molecule has 0 radical (unpaired) electrons. The molecule has 0 saturated heterocycles. The van der Waals surface area contributed by atoms with Crippen LogP contribution in [-0.2, 0) is 130 Å². The van der Waals surface area contributed by atoms with Crippen LogP contribution in [0.3, 0.4) is 0 Å². The summed E-state index contributed by atoms with van der Waals surface area (Å²) in [6.45, 7) is 0.603. The Morgan fingerprint density at radius 2 is 0.688 bits per heavy atom. The summed E-state index contributed by atoms with van der Waals surface area (Å²) >= 11 is 30.8. The molecule has 0 rings (SSSR count). The second-order valence-electron chi connectivity index (χ2n) is 22.6. The second kappa shape index (κ2) is 60.9. The van der Waals surface area contributed by atoms with Crippen LogP contribution < -0.4 is 0 Å². The van der Waals surface area contributed by atoms with Crippen LogP contribution in [0.5, 0.6) is 0 Å². The molecule has 35 nitrogen and oxygen atoms in total. The van der Waals surface area contributed by atoms with E-state index in [0.717, 1.165) is 118 Å². The first kappa shape index (κ1) is 106. The van der Waals surface area contributed by atoms with Crippen molar-refractivity contribution < 1.29 is 166 Å². The third kappa shape index (κ3) is 53.3. The summed E-state index contributed by atoms with van der Waals surface area (Å²) in [6, 6.07) is 0. The Balaban J connectivity index is 6.97. The molecule has 0 spiro atoms. The van der Waals surface area contributed by atoms with Crippen molar-refractivity contribution in [3.8, 4) is 0 Å². The molecule has 0 amide bonds. The molecular formula is C58H86O35S16. The average Bonchev–Trinajstić information content (AvgIpc) is 0.989. The van der Waals surface area contributed by atoms with E-state index in [-0.39, 0.29) is 110 Å². The van der Waals surface area contributed by atoms with Crippen LogP contribution in [-0.4, -0.2) is 263 Å². The van der Waals surface area contributed by atoms with Gasteiger partial charge in [-0.2, -0.15) is 16.8 Å². The van der Waals surface area contributed by atoms with Gasteiger partial charge in [0.2, 0.25) is 0 Å². The number of ketones is 2. The van der Waals surface area contributed by atoms with Crippen LogP contribution in [0, 0.1) is 47.3 Å². The third-order valence-electron chi connectivity index (χ3n) is 14.3. The van der Waals surface area contributed by atoms with Crippen LogP contribution in [0.4, 0.5) is 0 Å². The van der Waals surface area contributed by atoms with E-state index in [0.29, 0.717) is 18.6 Å². The fourth-order valence-electron chi connectivity index (χ4n) is 7.76. The zero-order valence-electron chi connectivity index (χ0n) is 58.8. The van der Waals surface area contributed by atoms with Gasteiger partial charge in [-0.3, -0.25) is 66.6 Å². The lowest BCUT2D eigenvalue weighted by atomic mass is 9.89. The monoisotopic (exact) mass is 1850 g/mol. The SMILES string of the molecule is CC(C(=O)O)C(CSC(=S)SCCC(=O)COC(COC(=O)CCSC(=S)SCC(C(=O)OCCCSOOO)C(C)C(=O)O)(COC(=O)CCSC(=S)SCC(C(=O)OCCCS(=O)(=O)O)C(C)C(=O)O)COC(=O)CCSC(=S)SCC(C(=O)OCCCS(=O)(=O)O)C(C)C(=O)O)C(=O)CCCCSOOO. The normalized spacial score (nSPS) is 14.3. The van der Waals surface area contributed by atoms with E-state index >= 15 is 0 Å². The number of carbonyl (C=O) groups is 12. The molecular weight excluding hydrogens is 1770 g/mol. The number of ether oxygens (including phenoxy) is 7. The zero-order chi connectivity index (χ0) is 82.7. The van der Waals surface area contributed by atoms with E-state index in [1.165, 1.54) is 27.7 Å². The van der Waals surface area contributed by atoms with E-state index in [9.17, 15) is 94.8 Å². The Hall–Kier alpha value is -2.56. The molecule has 0 bridgehead atoms. The maximum atomic E-state index is 13.8. The van der Waals surface area contributed by atoms with E-state index in [1.807, 2.05) is 0 Å². The molecule has 0 aromatic rings. The molecule has 0 aliphatic rings. The van der Waals surface area contributed by atoms with Crippen LogP contribution in [0.25, 0.3) is 0 Å². The molecule has 0 aromatic carbocycles. The molecule has 0 fully saturated rings. The van der Waals surface area contributed by atoms with Gasteiger partial charge in [-0.25, -0.2) is 10.5 Å². The van der Waals surface area contributed by atoms with Gasteiger partial charge in [-0.05, 0) is 32.1 Å². The third-order valence-corrected chi connectivity index (χ3v) is 28.4. The number of rotatable bonds is 62. The minimum absolute atomic E-state index is 0.00585. The topological polar surface area (TPSA) is 536 Å². The number of thioether (sulfide) groups is 8. The fraction of sp³-hybridized carbons (Fsp3) is 0.724. The maximum Gasteiger partial charge on any atom is 0.310 e. The lowest BCUT2D eigenvalue weighted by Gasteiger charge is -2.32. The second-order valence-corrected chi connectivity index (χ2v) is 40.5. The summed E-state index contributed by atoms with van der Waals surface area (Å²) < 4.78 is 110. The molecule has 8 unspecified atom stereocenters. The highest BCUT2D eigenvalue weighted by atomic mass is 32.2. The lowest BCUT2D eigenvalue weighted by molar-refractivity contribution is -0.432. The summed E-state index contributed by atoms with van der Waals surface area (Å²) in [5.41, 5.74) is -2.20. The summed E-state index contributed by atoms with van der Waals surface area (Å²) in [7, 11) is -8.76. The van der Waals surface area contributed by atoms with Gasteiger partial charge in [0.05, 0.1) is 92.0 Å². The minimum atomic E-state index is -4.38. The number of thiocarbonyl (C=S) groups is 4. The van der Waals surface area contributed by atoms with E-state index in [1.54, 1.807) is 0 Å². The van der Waals surface area contributed by atoms with Crippen molar-refractivity contribution in [3.63, 3.8) is 0 Å². The molecule has 51 heteroatoms. The first-order chi connectivity index (χ1) is 51.2. The van der Waals surface area contributed by atoms with Crippen molar-refractivity contribution in [2.45, 2.75) is 97.5 Å². The number of carboxylic acid groups (broad SMARTS) is 4. The summed E-state index contributed by atoms with van der Waals surface area (Å²) in [4.78, 5) is 154. The van der Waals surface area contributed by atoms with Crippen molar-refractivity contribution in [2.75, 3.05) is 115 Å². The summed E-state index contributed by atoms with van der Waals surface area (Å²) in [6.07, 6.45) is -0.969. The molecule has 8 N–H and O–H groups in total. The zero-order valence-corrected chi connectivity index (χ0v) is 71.8. The van der Waals surface area contributed by atoms with Crippen LogP contribution in [0.2, 0.25) is 0 Å². The predicted molar refractivity (Wildman–Crippen MR) is 429 cm³/mol. The van der Waals surface area contributed by atoms with Crippen molar-refractivity contribution >= 4 is 273 Å². The number of carbonyl (C=O) groups excluding carboxylic acids is 8. The quantitative estimate of drug-likeness (QED) is 0.00414. The summed E-state index contributed by atoms with van der Waals surface area (Å²) in [5, 5.41) is 62.6. The van der Waals surface area contributed by atoms with Crippen LogP contribution in [0.1, 0.15) is 91.9 Å². The highest BCUT2D eigenvalue weighted by Crippen LogP contribution is 2.31. The van der Waals surface area contributed by atoms with Gasteiger partial charge in [0, 0.05) is 100 Å². The molecule has 8 atom stereocenters. The number of unbranched alkanes of at least 4 members (excludes halogenated alkanes) is 1. The van der Waals surface area contributed by atoms with Gasteiger partial charge in [-0.15, -0.1) is 103 Å². The predicted octanol–water partition coefficient (Wildman–Crippen LogP) is 8.31. The number of aliphatic carboxylic acids is 4. The van der Waals surface area contributed by atoms with Crippen LogP contribution in [0.15, 0.2) is 0 Å². The molecule has 0 aliphatic carbocycles. The van der Waals surface area contributed by atoms with E-state index in [4.69, 9.17) is 102 Å². The largest absolute Gasteiger partial charge is 0.481 e. The average molecular weight is 1860 g/mol. The van der Waals surface area contributed by atoms with Crippen molar-refractivity contribution in [3.05, 3.63) is 0 Å². The molecule has 624 valence electrons. The molecule has 0 heterocycles. The highest BCUT2D eigenvalue weighted by molar-refractivity contribution is 8.48. The lowest BCUT2D eigenvalue weighted by Crippen LogP contribution is -2.49. The van der Waals surface area contributed by atoms with Gasteiger partial charge in [0.1, 0.15) is 46.3 Å². The smallest absolute Gasteiger partial charge is 0.310 e. The minimum Gasteiger partial charge on any atom is -0.481 e. The van der Waals surface area contributed by atoms with Gasteiger partial charge in [-0.1, -0.05) is 86.6 Å². The van der Waals surface area contributed by atoms with E-state index in [2.05, 4.69) is 18.7 Å². The first-order valence-electron chi connectivity index (χ1n) is 32.0. The highest BCUT2D eigenvalue weighted by Gasteiger charge is 2.40. The maximum absolute atomic E-state index is 13.8. The Morgan fingerprint density at radius 3 is 1.01 bits per heavy atom. The first-order valence-corrected chi connectivity index (χ1v) is 46.6. The number of carboxylic acids is 4. The number of Topliss-reactive ketones (excluding diaryl/α,β-unsaturated/α-hetero) is 2. The Bertz CT molecular complexity index is 3000. The molecule has 109 heavy (non-hydrogen) atoms. The summed E-state index contributed by atoms with van der Waals surface area (Å²) in [5.74, 6) is -23.3. The molecule has 0 aliphatic heterocycles. The number of esters is 6. The van der Waals surface area contributed by atoms with Crippen molar-refractivity contribution in [2.24, 2.45) is 47.3 Å². The van der Waals surface area contributed by atoms with Crippen molar-refractivity contribution in [1.29, 1.82) is 0 Å². The fourth-order valence-corrected chi connectivity index (χ4v) is 19.3. The van der Waals surface area contributed by atoms with Crippen LogP contribution >= 0.6 is 167 Å². The Kier molecular flexibility index (Phi) is 59.5. The van der Waals surface area contributed by atoms with Crippen molar-refractivity contribution in [1.82, 2.24) is 0 Å². The Morgan fingerprint density at radius 1 is 0.385 bits per heavy atom.